The lowest BCUT2D eigenvalue weighted by atomic mass is 9.97. The minimum absolute atomic E-state index is 0.0441. The summed E-state index contributed by atoms with van der Waals surface area (Å²) in [6, 6.07) is 3.67. The zero-order chi connectivity index (χ0) is 13.9. The van der Waals surface area contributed by atoms with Gasteiger partial charge in [0.25, 0.3) is 0 Å². The van der Waals surface area contributed by atoms with Gasteiger partial charge in [0.1, 0.15) is 0 Å². The molecule has 1 amide bonds. The van der Waals surface area contributed by atoms with Gasteiger partial charge in [0.15, 0.2) is 11.6 Å². The van der Waals surface area contributed by atoms with E-state index < -0.39 is 23.1 Å². The van der Waals surface area contributed by atoms with Gasteiger partial charge in [-0.1, -0.05) is 6.92 Å². The Labute approximate surface area is 109 Å². The van der Waals surface area contributed by atoms with Crippen molar-refractivity contribution in [1.29, 1.82) is 0 Å². The zero-order valence-electron chi connectivity index (χ0n) is 10.2. The lowest BCUT2D eigenvalue weighted by Crippen LogP contribution is -2.50. The summed E-state index contributed by atoms with van der Waals surface area (Å²) >= 11 is 1.32. The lowest BCUT2D eigenvalue weighted by molar-refractivity contribution is -0.122. The third-order valence-corrected chi connectivity index (χ3v) is 3.60. The van der Waals surface area contributed by atoms with Gasteiger partial charge in [-0.25, -0.2) is 8.78 Å². The first-order valence-electron chi connectivity index (χ1n) is 5.43. The van der Waals surface area contributed by atoms with Gasteiger partial charge >= 0.3 is 0 Å². The molecular weight excluding hydrogens is 258 g/mol. The highest BCUT2D eigenvalue weighted by Gasteiger charge is 2.28. The highest BCUT2D eigenvalue weighted by atomic mass is 32.2. The van der Waals surface area contributed by atoms with Crippen molar-refractivity contribution in [3.63, 3.8) is 0 Å². The van der Waals surface area contributed by atoms with E-state index in [9.17, 15) is 13.6 Å². The van der Waals surface area contributed by atoms with E-state index in [-0.39, 0.29) is 5.25 Å². The Morgan fingerprint density at radius 2 is 2.06 bits per heavy atom. The van der Waals surface area contributed by atoms with E-state index in [1.165, 1.54) is 17.8 Å². The number of carbonyl (C=O) groups is 1. The fraction of sp³-hybridized carbons (Fsp3) is 0.417. The van der Waals surface area contributed by atoms with E-state index in [4.69, 9.17) is 11.5 Å². The molecule has 1 aromatic carbocycles. The maximum atomic E-state index is 13.0. The third kappa shape index (κ3) is 3.96. The van der Waals surface area contributed by atoms with Crippen LogP contribution in [0, 0.1) is 11.6 Å². The number of thioether (sulfide) groups is 1. The van der Waals surface area contributed by atoms with Crippen LogP contribution in [-0.4, -0.2) is 16.7 Å². The van der Waals surface area contributed by atoms with Crippen LogP contribution in [0.2, 0.25) is 0 Å². The number of hydrogen-bond acceptors (Lipinski definition) is 3. The molecule has 3 nitrogen and oxygen atoms in total. The summed E-state index contributed by atoms with van der Waals surface area (Å²) in [6.45, 7) is 3.40. The van der Waals surface area contributed by atoms with Crippen molar-refractivity contribution in [3.8, 4) is 0 Å². The molecule has 0 aliphatic heterocycles. The second kappa shape index (κ2) is 5.67. The molecular formula is C12H16F2N2OS. The van der Waals surface area contributed by atoms with Crippen LogP contribution in [0.5, 0.6) is 0 Å². The smallest absolute Gasteiger partial charge is 0.237 e. The number of benzene rings is 1. The summed E-state index contributed by atoms with van der Waals surface area (Å²) in [5, 5.41) is -0.0441. The van der Waals surface area contributed by atoms with Crippen molar-refractivity contribution in [1.82, 2.24) is 0 Å². The van der Waals surface area contributed by atoms with E-state index >= 15 is 0 Å². The SMILES string of the molecule is CC(CC(C)(N)C(N)=O)Sc1ccc(F)c(F)c1. The minimum Gasteiger partial charge on any atom is -0.368 e. The van der Waals surface area contributed by atoms with Crippen LogP contribution in [0.15, 0.2) is 23.1 Å². The number of nitrogens with two attached hydrogens (primary N) is 2. The third-order valence-electron chi connectivity index (χ3n) is 2.50. The number of hydrogen-bond donors (Lipinski definition) is 2. The normalized spacial score (nSPS) is 16.1. The maximum Gasteiger partial charge on any atom is 0.237 e. The van der Waals surface area contributed by atoms with Crippen LogP contribution in [0.4, 0.5) is 8.78 Å². The molecule has 0 aliphatic carbocycles. The fourth-order valence-corrected chi connectivity index (χ4v) is 2.73. The molecule has 0 aromatic heterocycles. The molecule has 2 unspecified atom stereocenters. The molecule has 0 heterocycles. The number of rotatable bonds is 5. The average molecular weight is 274 g/mol. The Morgan fingerprint density at radius 3 is 2.56 bits per heavy atom. The number of carbonyl (C=O) groups excluding carboxylic acids is 1. The van der Waals surface area contributed by atoms with Gasteiger partial charge in [0, 0.05) is 10.1 Å². The summed E-state index contributed by atoms with van der Waals surface area (Å²) in [7, 11) is 0. The first-order valence-corrected chi connectivity index (χ1v) is 6.31. The average Bonchev–Trinajstić information content (AvgIpc) is 2.22. The Balaban J connectivity index is 2.67. The molecule has 0 saturated carbocycles. The van der Waals surface area contributed by atoms with Crippen LogP contribution in [0.3, 0.4) is 0 Å². The van der Waals surface area contributed by atoms with E-state index in [1.54, 1.807) is 6.92 Å². The van der Waals surface area contributed by atoms with Crippen molar-refractivity contribution in [2.45, 2.75) is 36.0 Å². The lowest BCUT2D eigenvalue weighted by Gasteiger charge is -2.24. The second-order valence-corrected chi connectivity index (χ2v) is 6.00. The molecule has 100 valence electrons. The molecule has 18 heavy (non-hydrogen) atoms. The van der Waals surface area contributed by atoms with E-state index in [0.717, 1.165) is 12.1 Å². The molecule has 6 heteroatoms. The van der Waals surface area contributed by atoms with Crippen LogP contribution in [0.25, 0.3) is 0 Å². The van der Waals surface area contributed by atoms with Crippen molar-refractivity contribution >= 4 is 17.7 Å². The first-order chi connectivity index (χ1) is 8.22. The Kier molecular flexibility index (Phi) is 4.70. The predicted molar refractivity (Wildman–Crippen MR) is 68.1 cm³/mol. The van der Waals surface area contributed by atoms with Gasteiger partial charge in [-0.2, -0.15) is 0 Å². The highest BCUT2D eigenvalue weighted by Crippen LogP contribution is 2.28. The van der Waals surface area contributed by atoms with Gasteiger partial charge in [0.2, 0.25) is 5.91 Å². The predicted octanol–water partition coefficient (Wildman–Crippen LogP) is 2.04. The summed E-state index contributed by atoms with van der Waals surface area (Å²) in [6.07, 6.45) is 0.353. The van der Waals surface area contributed by atoms with E-state index in [2.05, 4.69) is 0 Å². The van der Waals surface area contributed by atoms with Crippen LogP contribution in [0.1, 0.15) is 20.3 Å². The Bertz CT molecular complexity index is 452. The standard InChI is InChI=1S/C12H16F2N2OS/c1-7(6-12(2,16)11(15)17)18-8-3-4-9(13)10(14)5-8/h3-5,7H,6,16H2,1-2H3,(H2,15,17). The van der Waals surface area contributed by atoms with E-state index in [0.29, 0.717) is 11.3 Å². The molecule has 0 radical (unpaired) electrons. The molecule has 1 rings (SSSR count). The van der Waals surface area contributed by atoms with Gasteiger partial charge in [-0.05, 0) is 31.5 Å². The molecule has 0 spiro atoms. The Hall–Kier alpha value is -1.14. The number of halogens is 2. The molecule has 0 fully saturated rings. The van der Waals surface area contributed by atoms with Crippen LogP contribution >= 0.6 is 11.8 Å². The van der Waals surface area contributed by atoms with Crippen molar-refractivity contribution < 1.29 is 13.6 Å². The number of primary amides is 1. The molecule has 0 saturated heterocycles. The van der Waals surface area contributed by atoms with Crippen molar-refractivity contribution in [2.75, 3.05) is 0 Å². The van der Waals surface area contributed by atoms with Crippen molar-refractivity contribution in [3.05, 3.63) is 29.8 Å². The second-order valence-electron chi connectivity index (χ2n) is 4.49. The van der Waals surface area contributed by atoms with Gasteiger partial charge < -0.3 is 11.5 Å². The molecule has 0 aliphatic rings. The summed E-state index contributed by atoms with van der Waals surface area (Å²) in [5.41, 5.74) is 9.81. The van der Waals surface area contributed by atoms with Gasteiger partial charge in [-0.15, -0.1) is 11.8 Å². The van der Waals surface area contributed by atoms with Gasteiger partial charge in [-0.3, -0.25) is 4.79 Å². The minimum atomic E-state index is -1.11. The largest absolute Gasteiger partial charge is 0.368 e. The molecule has 1 aromatic rings. The molecule has 2 atom stereocenters. The maximum absolute atomic E-state index is 13.0. The zero-order valence-corrected chi connectivity index (χ0v) is 11.1. The van der Waals surface area contributed by atoms with Crippen LogP contribution < -0.4 is 11.5 Å². The Morgan fingerprint density at radius 1 is 1.44 bits per heavy atom. The highest BCUT2D eigenvalue weighted by molar-refractivity contribution is 7.99. The number of amides is 1. The summed E-state index contributed by atoms with van der Waals surface area (Å²) in [5.74, 6) is -2.36. The van der Waals surface area contributed by atoms with Crippen LogP contribution in [-0.2, 0) is 4.79 Å². The molecule has 4 N–H and O–H groups in total. The van der Waals surface area contributed by atoms with Gasteiger partial charge in [0.05, 0.1) is 5.54 Å². The van der Waals surface area contributed by atoms with Crippen molar-refractivity contribution in [2.24, 2.45) is 11.5 Å². The summed E-state index contributed by atoms with van der Waals surface area (Å²) in [4.78, 5) is 11.7. The fourth-order valence-electron chi connectivity index (χ4n) is 1.52. The summed E-state index contributed by atoms with van der Waals surface area (Å²) < 4.78 is 25.8. The quantitative estimate of drug-likeness (QED) is 0.807. The van der Waals surface area contributed by atoms with E-state index in [1.807, 2.05) is 6.92 Å². The topological polar surface area (TPSA) is 69.1 Å². The monoisotopic (exact) mass is 274 g/mol. The molecule has 0 bridgehead atoms. The first kappa shape index (κ1) is 14.9.